The van der Waals surface area contributed by atoms with E-state index in [1.807, 2.05) is 0 Å². The Hall–Kier alpha value is -0.570. The van der Waals surface area contributed by atoms with Crippen molar-refractivity contribution in [2.75, 3.05) is 6.54 Å². The largest absolute Gasteiger partial charge is 0.355 e. The van der Waals surface area contributed by atoms with Crippen molar-refractivity contribution in [3.8, 4) is 0 Å². The Morgan fingerprint density at radius 1 is 1.25 bits per heavy atom. The Morgan fingerprint density at radius 2 is 1.81 bits per heavy atom. The minimum Gasteiger partial charge on any atom is -0.355 e. The van der Waals surface area contributed by atoms with Crippen LogP contribution in [0.2, 0.25) is 0 Å². The van der Waals surface area contributed by atoms with Crippen molar-refractivity contribution in [2.24, 2.45) is 17.6 Å². The minimum absolute atomic E-state index is 0.0954. The van der Waals surface area contributed by atoms with Crippen LogP contribution in [0.4, 0.5) is 0 Å². The van der Waals surface area contributed by atoms with Crippen LogP contribution in [0.5, 0.6) is 0 Å². The maximum atomic E-state index is 11.5. The quantitative estimate of drug-likeness (QED) is 0.670. The second-order valence-corrected chi connectivity index (χ2v) is 4.98. The van der Waals surface area contributed by atoms with E-state index in [2.05, 4.69) is 33.0 Å². The molecular weight excluding hydrogens is 200 g/mol. The third kappa shape index (κ3) is 6.83. The molecule has 0 aromatic carbocycles. The third-order valence-corrected chi connectivity index (χ3v) is 3.14. The molecular formula is C13H28N2O. The molecule has 1 unspecified atom stereocenters. The number of nitrogens with one attached hydrogen (secondary N) is 1. The van der Waals surface area contributed by atoms with Gasteiger partial charge in [-0.2, -0.15) is 0 Å². The summed E-state index contributed by atoms with van der Waals surface area (Å²) in [5.74, 6) is 1.24. The molecule has 0 rings (SSSR count). The normalized spacial score (nSPS) is 13.2. The molecule has 0 aliphatic heterocycles. The first-order valence-corrected chi connectivity index (χ1v) is 6.53. The number of hydrogen-bond acceptors (Lipinski definition) is 2. The number of rotatable bonds is 8. The zero-order valence-electron chi connectivity index (χ0n) is 11.3. The standard InChI is InChI=1S/C13H28N2O/c1-5-11(6-2)12(14)9-15-13(16)8-7-10(3)4/h10-12H,5-9,14H2,1-4H3,(H,15,16). The molecule has 3 N–H and O–H groups in total. The summed E-state index contributed by atoms with van der Waals surface area (Å²) in [7, 11) is 0. The van der Waals surface area contributed by atoms with Crippen molar-refractivity contribution >= 4 is 5.91 Å². The molecule has 0 aromatic heterocycles. The molecule has 0 heterocycles. The summed E-state index contributed by atoms with van der Waals surface area (Å²) in [6, 6.07) is 0.0954. The van der Waals surface area contributed by atoms with Crippen molar-refractivity contribution in [1.29, 1.82) is 0 Å². The lowest BCUT2D eigenvalue weighted by molar-refractivity contribution is -0.121. The molecule has 0 bridgehead atoms. The molecule has 0 aliphatic rings. The monoisotopic (exact) mass is 228 g/mol. The van der Waals surface area contributed by atoms with Crippen LogP contribution >= 0.6 is 0 Å². The molecule has 0 saturated carbocycles. The van der Waals surface area contributed by atoms with Gasteiger partial charge in [-0.15, -0.1) is 0 Å². The number of amides is 1. The van der Waals surface area contributed by atoms with Gasteiger partial charge in [0.2, 0.25) is 5.91 Å². The zero-order chi connectivity index (χ0) is 12.6. The molecule has 16 heavy (non-hydrogen) atoms. The second-order valence-electron chi connectivity index (χ2n) is 4.98. The Morgan fingerprint density at radius 3 is 2.25 bits per heavy atom. The highest BCUT2D eigenvalue weighted by Gasteiger charge is 2.14. The van der Waals surface area contributed by atoms with E-state index in [1.165, 1.54) is 0 Å². The lowest BCUT2D eigenvalue weighted by Gasteiger charge is -2.21. The highest BCUT2D eigenvalue weighted by molar-refractivity contribution is 5.75. The number of nitrogens with two attached hydrogens (primary N) is 1. The van der Waals surface area contributed by atoms with E-state index in [-0.39, 0.29) is 11.9 Å². The molecule has 3 nitrogen and oxygen atoms in total. The first-order chi connectivity index (χ1) is 7.51. The van der Waals surface area contributed by atoms with Crippen LogP contribution in [0.3, 0.4) is 0 Å². The molecule has 96 valence electrons. The van der Waals surface area contributed by atoms with E-state index in [9.17, 15) is 4.79 Å². The predicted octanol–water partition coefficient (Wildman–Crippen LogP) is 2.30. The van der Waals surface area contributed by atoms with Gasteiger partial charge < -0.3 is 11.1 Å². The van der Waals surface area contributed by atoms with Gasteiger partial charge in [0.05, 0.1) is 0 Å². The van der Waals surface area contributed by atoms with Gasteiger partial charge in [0.25, 0.3) is 0 Å². The van der Waals surface area contributed by atoms with Crippen LogP contribution in [0.25, 0.3) is 0 Å². The molecule has 0 saturated heterocycles. The van der Waals surface area contributed by atoms with Gasteiger partial charge in [-0.1, -0.05) is 40.5 Å². The summed E-state index contributed by atoms with van der Waals surface area (Å²) < 4.78 is 0. The summed E-state index contributed by atoms with van der Waals surface area (Å²) in [5.41, 5.74) is 6.03. The Bertz CT molecular complexity index is 188. The Kier molecular flexibility index (Phi) is 8.26. The number of carbonyl (C=O) groups is 1. The molecule has 0 aliphatic carbocycles. The van der Waals surface area contributed by atoms with Crippen LogP contribution < -0.4 is 11.1 Å². The molecule has 0 aromatic rings. The maximum absolute atomic E-state index is 11.5. The van der Waals surface area contributed by atoms with Crippen LogP contribution in [0, 0.1) is 11.8 Å². The van der Waals surface area contributed by atoms with Gasteiger partial charge in [0.1, 0.15) is 0 Å². The number of hydrogen-bond donors (Lipinski definition) is 2. The minimum atomic E-state index is 0.0954. The average molecular weight is 228 g/mol. The first kappa shape index (κ1) is 15.4. The van der Waals surface area contributed by atoms with Crippen LogP contribution in [0.15, 0.2) is 0 Å². The van der Waals surface area contributed by atoms with Gasteiger partial charge in [0, 0.05) is 19.0 Å². The maximum Gasteiger partial charge on any atom is 0.220 e. The van der Waals surface area contributed by atoms with E-state index in [4.69, 9.17) is 5.73 Å². The van der Waals surface area contributed by atoms with E-state index >= 15 is 0 Å². The van der Waals surface area contributed by atoms with Crippen LogP contribution in [-0.4, -0.2) is 18.5 Å². The van der Waals surface area contributed by atoms with Crippen molar-refractivity contribution in [3.63, 3.8) is 0 Å². The van der Waals surface area contributed by atoms with Crippen molar-refractivity contribution < 1.29 is 4.79 Å². The molecule has 1 atom stereocenters. The van der Waals surface area contributed by atoms with Crippen molar-refractivity contribution in [2.45, 2.75) is 59.4 Å². The highest BCUT2D eigenvalue weighted by atomic mass is 16.1. The molecule has 1 amide bonds. The molecule has 3 heteroatoms. The number of carbonyl (C=O) groups excluding carboxylic acids is 1. The third-order valence-electron chi connectivity index (χ3n) is 3.14. The topological polar surface area (TPSA) is 55.1 Å². The van der Waals surface area contributed by atoms with Crippen LogP contribution in [0.1, 0.15) is 53.4 Å². The van der Waals surface area contributed by atoms with Crippen molar-refractivity contribution in [3.05, 3.63) is 0 Å². The lowest BCUT2D eigenvalue weighted by Crippen LogP contribution is -2.41. The summed E-state index contributed by atoms with van der Waals surface area (Å²) in [5, 5.41) is 2.92. The molecule has 0 fully saturated rings. The molecule has 0 spiro atoms. The fourth-order valence-corrected chi connectivity index (χ4v) is 1.80. The van der Waals surface area contributed by atoms with E-state index in [0.29, 0.717) is 24.8 Å². The van der Waals surface area contributed by atoms with E-state index in [1.54, 1.807) is 0 Å². The van der Waals surface area contributed by atoms with Gasteiger partial charge in [-0.05, 0) is 18.3 Å². The van der Waals surface area contributed by atoms with Gasteiger partial charge in [-0.3, -0.25) is 4.79 Å². The SMILES string of the molecule is CCC(CC)C(N)CNC(=O)CCC(C)C. The second kappa shape index (κ2) is 8.57. The predicted molar refractivity (Wildman–Crippen MR) is 69.1 cm³/mol. The van der Waals surface area contributed by atoms with Crippen LogP contribution in [-0.2, 0) is 4.79 Å². The van der Waals surface area contributed by atoms with Gasteiger partial charge in [0.15, 0.2) is 0 Å². The molecule has 0 radical (unpaired) electrons. The fraction of sp³-hybridized carbons (Fsp3) is 0.923. The van der Waals surface area contributed by atoms with E-state index < -0.39 is 0 Å². The summed E-state index contributed by atoms with van der Waals surface area (Å²) >= 11 is 0. The fourth-order valence-electron chi connectivity index (χ4n) is 1.80. The first-order valence-electron chi connectivity index (χ1n) is 6.53. The Labute approximate surface area is 100 Å². The summed E-state index contributed by atoms with van der Waals surface area (Å²) in [4.78, 5) is 11.5. The zero-order valence-corrected chi connectivity index (χ0v) is 11.3. The summed E-state index contributed by atoms with van der Waals surface area (Å²) in [6.07, 6.45) is 3.73. The summed E-state index contributed by atoms with van der Waals surface area (Å²) in [6.45, 7) is 9.17. The lowest BCUT2D eigenvalue weighted by atomic mass is 9.95. The smallest absolute Gasteiger partial charge is 0.220 e. The average Bonchev–Trinajstić information content (AvgIpc) is 2.25. The highest BCUT2D eigenvalue weighted by Crippen LogP contribution is 2.10. The van der Waals surface area contributed by atoms with E-state index in [0.717, 1.165) is 19.3 Å². The van der Waals surface area contributed by atoms with Gasteiger partial charge >= 0.3 is 0 Å². The van der Waals surface area contributed by atoms with Gasteiger partial charge in [-0.25, -0.2) is 0 Å². The Balaban J connectivity index is 3.73. The van der Waals surface area contributed by atoms with Crippen molar-refractivity contribution in [1.82, 2.24) is 5.32 Å².